The zero-order chi connectivity index (χ0) is 20.2. The van der Waals surface area contributed by atoms with Crippen LogP contribution in [-0.2, 0) is 10.0 Å². The number of anilines is 1. The molecule has 0 radical (unpaired) electrons. The summed E-state index contributed by atoms with van der Waals surface area (Å²) in [5.41, 5.74) is 2.87. The molecule has 1 amide bonds. The Labute approximate surface area is 162 Å². The average Bonchev–Trinajstić information content (AvgIpc) is 2.63. The molecule has 0 spiro atoms. The van der Waals surface area contributed by atoms with Crippen LogP contribution >= 0.6 is 0 Å². The molecule has 1 unspecified atom stereocenters. The van der Waals surface area contributed by atoms with Crippen molar-refractivity contribution in [3.05, 3.63) is 59.2 Å². The van der Waals surface area contributed by atoms with Gasteiger partial charge in [-0.1, -0.05) is 39.0 Å². The topological polar surface area (TPSA) is 75.3 Å². The molecule has 2 aromatic rings. The predicted octanol–water partition coefficient (Wildman–Crippen LogP) is 4.45. The lowest BCUT2D eigenvalue weighted by Crippen LogP contribution is -2.31. The van der Waals surface area contributed by atoms with E-state index in [0.717, 1.165) is 17.5 Å². The first kappa shape index (κ1) is 21.0. The number of sulfonamides is 1. The van der Waals surface area contributed by atoms with Gasteiger partial charge >= 0.3 is 0 Å². The molecule has 27 heavy (non-hydrogen) atoms. The third-order valence-electron chi connectivity index (χ3n) is 4.58. The smallest absolute Gasteiger partial charge is 0.261 e. The number of carbonyl (C=O) groups is 1. The molecule has 146 valence electrons. The van der Waals surface area contributed by atoms with Gasteiger partial charge in [0.05, 0.1) is 10.6 Å². The van der Waals surface area contributed by atoms with Crippen molar-refractivity contribution in [2.75, 3.05) is 4.72 Å². The summed E-state index contributed by atoms with van der Waals surface area (Å²) in [4.78, 5) is 12.3. The van der Waals surface area contributed by atoms with E-state index in [2.05, 4.69) is 10.0 Å². The second-order valence-corrected chi connectivity index (χ2v) is 8.79. The number of para-hydroxylation sites is 1. The van der Waals surface area contributed by atoms with Crippen molar-refractivity contribution >= 4 is 21.6 Å². The lowest BCUT2D eigenvalue weighted by Gasteiger charge is -2.17. The highest BCUT2D eigenvalue weighted by Gasteiger charge is 2.19. The third-order valence-corrected chi connectivity index (χ3v) is 5.95. The molecule has 0 heterocycles. The summed E-state index contributed by atoms with van der Waals surface area (Å²) < 4.78 is 28.4. The van der Waals surface area contributed by atoms with Crippen molar-refractivity contribution in [1.29, 1.82) is 0 Å². The van der Waals surface area contributed by atoms with Crippen LogP contribution in [0.5, 0.6) is 0 Å². The van der Waals surface area contributed by atoms with E-state index in [-0.39, 0.29) is 22.8 Å². The van der Waals surface area contributed by atoms with E-state index in [1.54, 1.807) is 0 Å². The first-order valence-corrected chi connectivity index (χ1v) is 10.7. The lowest BCUT2D eigenvalue weighted by atomic mass is 9.99. The van der Waals surface area contributed by atoms with Crippen molar-refractivity contribution in [2.24, 2.45) is 0 Å². The van der Waals surface area contributed by atoms with E-state index in [4.69, 9.17) is 0 Å². The van der Waals surface area contributed by atoms with Crippen molar-refractivity contribution in [3.8, 4) is 0 Å². The molecule has 6 heteroatoms. The van der Waals surface area contributed by atoms with Crippen LogP contribution in [0.2, 0.25) is 0 Å². The first-order chi connectivity index (χ1) is 12.7. The van der Waals surface area contributed by atoms with Gasteiger partial charge < -0.3 is 5.32 Å². The van der Waals surface area contributed by atoms with Crippen LogP contribution in [0, 0.1) is 6.92 Å². The normalized spacial score (nSPS) is 12.7. The predicted molar refractivity (Wildman–Crippen MR) is 110 cm³/mol. The molecule has 0 bridgehead atoms. The second kappa shape index (κ2) is 8.57. The number of amides is 1. The Kier molecular flexibility index (Phi) is 6.65. The van der Waals surface area contributed by atoms with Gasteiger partial charge in [-0.05, 0) is 61.6 Å². The minimum atomic E-state index is -3.74. The van der Waals surface area contributed by atoms with Crippen LogP contribution < -0.4 is 10.0 Å². The maximum atomic E-state index is 12.8. The summed E-state index contributed by atoms with van der Waals surface area (Å²) in [6.07, 6.45) is 0.830. The number of nitrogens with one attached hydrogen (secondary N) is 2. The monoisotopic (exact) mass is 388 g/mol. The van der Waals surface area contributed by atoms with Crippen LogP contribution in [0.3, 0.4) is 0 Å². The van der Waals surface area contributed by atoms with E-state index < -0.39 is 10.0 Å². The molecular formula is C21H28N2O3S. The number of hydrogen-bond acceptors (Lipinski definition) is 3. The van der Waals surface area contributed by atoms with Gasteiger partial charge in [-0.3, -0.25) is 9.52 Å². The van der Waals surface area contributed by atoms with Gasteiger partial charge in [0.2, 0.25) is 0 Å². The molecule has 0 aliphatic carbocycles. The average molecular weight is 389 g/mol. The minimum Gasteiger partial charge on any atom is -0.350 e. The molecule has 0 fully saturated rings. The van der Waals surface area contributed by atoms with Crippen LogP contribution in [0.4, 0.5) is 5.69 Å². The summed E-state index contributed by atoms with van der Waals surface area (Å²) in [6.45, 7) is 9.85. The first-order valence-electron chi connectivity index (χ1n) is 9.19. The zero-order valence-electron chi connectivity index (χ0n) is 16.5. The van der Waals surface area contributed by atoms with Crippen LogP contribution in [-0.4, -0.2) is 20.4 Å². The van der Waals surface area contributed by atoms with E-state index >= 15 is 0 Å². The van der Waals surface area contributed by atoms with Gasteiger partial charge in [0.15, 0.2) is 0 Å². The van der Waals surface area contributed by atoms with Crippen molar-refractivity contribution < 1.29 is 13.2 Å². The van der Waals surface area contributed by atoms with Gasteiger partial charge in [0.25, 0.3) is 15.9 Å². The highest BCUT2D eigenvalue weighted by Crippen LogP contribution is 2.29. The molecule has 0 saturated heterocycles. The largest absolute Gasteiger partial charge is 0.350 e. The van der Waals surface area contributed by atoms with E-state index in [1.807, 2.05) is 52.8 Å². The van der Waals surface area contributed by atoms with Gasteiger partial charge in [-0.25, -0.2) is 8.42 Å². The Hall–Kier alpha value is -2.34. The van der Waals surface area contributed by atoms with Crippen molar-refractivity contribution in [1.82, 2.24) is 5.32 Å². The molecule has 5 nitrogen and oxygen atoms in total. The highest BCUT2D eigenvalue weighted by atomic mass is 32.2. The van der Waals surface area contributed by atoms with E-state index in [9.17, 15) is 13.2 Å². The summed E-state index contributed by atoms with van der Waals surface area (Å²) >= 11 is 0. The molecule has 2 rings (SSSR count). The van der Waals surface area contributed by atoms with Crippen molar-refractivity contribution in [2.45, 2.75) is 57.9 Å². The Balaban J connectivity index is 2.27. The standard InChI is InChI=1S/C21H28N2O3S/c1-6-16(5)22-21(24)17-10-12-18(13-11-17)27(25,26)23-20-15(4)8-7-9-19(20)14(2)3/h7-14,16,23H,6H2,1-5H3,(H,22,24). The molecular weight excluding hydrogens is 360 g/mol. The Morgan fingerprint density at radius 1 is 1.04 bits per heavy atom. The quantitative estimate of drug-likeness (QED) is 0.736. The number of carbonyl (C=O) groups excluding carboxylic acids is 1. The number of hydrogen-bond donors (Lipinski definition) is 2. The maximum Gasteiger partial charge on any atom is 0.261 e. The number of aryl methyl sites for hydroxylation is 1. The van der Waals surface area contributed by atoms with Crippen LogP contribution in [0.15, 0.2) is 47.4 Å². The van der Waals surface area contributed by atoms with Gasteiger partial charge in [0.1, 0.15) is 0 Å². The summed E-state index contributed by atoms with van der Waals surface area (Å²) in [5.74, 6) is -0.0171. The SMILES string of the molecule is CCC(C)NC(=O)c1ccc(S(=O)(=O)Nc2c(C)cccc2C(C)C)cc1. The molecule has 0 aliphatic heterocycles. The molecule has 1 atom stereocenters. The lowest BCUT2D eigenvalue weighted by molar-refractivity contribution is 0.0939. The second-order valence-electron chi connectivity index (χ2n) is 7.11. The maximum absolute atomic E-state index is 12.8. The fourth-order valence-corrected chi connectivity index (χ4v) is 3.86. The third kappa shape index (κ3) is 5.10. The summed E-state index contributed by atoms with van der Waals surface area (Å²) in [6, 6.07) is 11.8. The summed E-state index contributed by atoms with van der Waals surface area (Å²) in [7, 11) is -3.74. The van der Waals surface area contributed by atoms with Gasteiger partial charge in [-0.15, -0.1) is 0 Å². The zero-order valence-corrected chi connectivity index (χ0v) is 17.4. The fourth-order valence-electron chi connectivity index (χ4n) is 2.70. The Bertz CT molecular complexity index is 904. The summed E-state index contributed by atoms with van der Waals surface area (Å²) in [5, 5.41) is 2.87. The van der Waals surface area contributed by atoms with Crippen LogP contribution in [0.1, 0.15) is 61.5 Å². The fraction of sp³-hybridized carbons (Fsp3) is 0.381. The van der Waals surface area contributed by atoms with E-state index in [1.165, 1.54) is 24.3 Å². The van der Waals surface area contributed by atoms with Crippen LogP contribution in [0.25, 0.3) is 0 Å². The number of benzene rings is 2. The van der Waals surface area contributed by atoms with E-state index in [0.29, 0.717) is 11.3 Å². The number of rotatable bonds is 7. The molecule has 0 aliphatic rings. The molecule has 2 aromatic carbocycles. The Morgan fingerprint density at radius 2 is 1.67 bits per heavy atom. The minimum absolute atomic E-state index is 0.0677. The van der Waals surface area contributed by atoms with Crippen molar-refractivity contribution in [3.63, 3.8) is 0 Å². The molecule has 0 saturated carbocycles. The Morgan fingerprint density at radius 3 is 2.22 bits per heavy atom. The highest BCUT2D eigenvalue weighted by molar-refractivity contribution is 7.92. The molecule has 2 N–H and O–H groups in total. The molecule has 0 aromatic heterocycles. The van der Waals surface area contributed by atoms with Gasteiger partial charge in [0, 0.05) is 11.6 Å². The van der Waals surface area contributed by atoms with Gasteiger partial charge in [-0.2, -0.15) is 0 Å².